The Kier molecular flexibility index (Phi) is 7.76. The molecule has 0 unspecified atom stereocenters. The van der Waals surface area contributed by atoms with E-state index in [9.17, 15) is 0 Å². The van der Waals surface area contributed by atoms with Gasteiger partial charge in [0.15, 0.2) is 6.29 Å². The summed E-state index contributed by atoms with van der Waals surface area (Å²) >= 11 is 0. The fourth-order valence-corrected chi connectivity index (χ4v) is 2.09. The van der Waals surface area contributed by atoms with E-state index in [0.29, 0.717) is 0 Å². The van der Waals surface area contributed by atoms with Crippen LogP contribution in [0.25, 0.3) is 0 Å². The molecule has 1 fully saturated rings. The molecule has 4 heteroatoms. The topological polar surface area (TPSA) is 33.7 Å². The summed E-state index contributed by atoms with van der Waals surface area (Å²) in [6.07, 6.45) is 5.26. The molecule has 0 amide bonds. The second-order valence-corrected chi connectivity index (χ2v) is 4.36. The van der Waals surface area contributed by atoms with E-state index in [1.165, 1.54) is 45.3 Å². The van der Waals surface area contributed by atoms with Crippen molar-refractivity contribution in [2.45, 2.75) is 32.0 Å². The smallest absolute Gasteiger partial charge is 0.169 e. The van der Waals surface area contributed by atoms with Crippen molar-refractivity contribution in [3.05, 3.63) is 0 Å². The lowest BCUT2D eigenvalue weighted by atomic mass is 10.1. The molecule has 0 atom stereocenters. The Morgan fingerprint density at radius 1 is 1.12 bits per heavy atom. The predicted molar refractivity (Wildman–Crippen MR) is 65.6 cm³/mol. The first-order chi connectivity index (χ1) is 7.86. The third-order valence-corrected chi connectivity index (χ3v) is 3.11. The highest BCUT2D eigenvalue weighted by Crippen LogP contribution is 2.08. The van der Waals surface area contributed by atoms with Crippen LogP contribution >= 0.6 is 0 Å². The number of piperidine rings is 1. The fraction of sp³-hybridized carbons (Fsp3) is 1.00. The van der Waals surface area contributed by atoms with Crippen LogP contribution in [0.15, 0.2) is 0 Å². The van der Waals surface area contributed by atoms with Crippen LogP contribution in [0.4, 0.5) is 0 Å². The molecule has 0 aromatic heterocycles. The molecular weight excluding hydrogens is 204 g/mol. The zero-order valence-electron chi connectivity index (χ0n) is 10.7. The quantitative estimate of drug-likeness (QED) is 0.499. The van der Waals surface area contributed by atoms with Gasteiger partial charge in [0.05, 0.1) is 0 Å². The van der Waals surface area contributed by atoms with Crippen molar-refractivity contribution >= 4 is 0 Å². The van der Waals surface area contributed by atoms with Gasteiger partial charge in [-0.2, -0.15) is 0 Å². The minimum absolute atomic E-state index is 0.116. The molecule has 0 saturated carbocycles. The Morgan fingerprint density at radius 3 is 2.44 bits per heavy atom. The number of likely N-dealkylation sites (tertiary alicyclic amines) is 1. The van der Waals surface area contributed by atoms with E-state index in [1.807, 2.05) is 0 Å². The Balaban J connectivity index is 1.90. The fourth-order valence-electron chi connectivity index (χ4n) is 2.09. The zero-order valence-corrected chi connectivity index (χ0v) is 10.7. The summed E-state index contributed by atoms with van der Waals surface area (Å²) < 4.78 is 10.2. The van der Waals surface area contributed by atoms with E-state index in [-0.39, 0.29) is 6.29 Å². The lowest BCUT2D eigenvalue weighted by molar-refractivity contribution is -0.0986. The van der Waals surface area contributed by atoms with Gasteiger partial charge >= 0.3 is 0 Å². The molecule has 4 nitrogen and oxygen atoms in total. The first-order valence-electron chi connectivity index (χ1n) is 6.35. The SMILES string of the molecule is COC(CNCCCN1CCCCC1)OC. The molecule has 1 saturated heterocycles. The Bertz CT molecular complexity index is 157. The highest BCUT2D eigenvalue weighted by molar-refractivity contribution is 4.64. The van der Waals surface area contributed by atoms with Crippen LogP contribution in [0.5, 0.6) is 0 Å². The van der Waals surface area contributed by atoms with Crippen molar-refractivity contribution in [3.8, 4) is 0 Å². The largest absolute Gasteiger partial charge is 0.355 e. The van der Waals surface area contributed by atoms with Gasteiger partial charge in [-0.3, -0.25) is 0 Å². The lowest BCUT2D eigenvalue weighted by Crippen LogP contribution is -2.34. The number of ether oxygens (including phenoxy) is 2. The zero-order chi connectivity index (χ0) is 11.6. The molecule has 0 aromatic carbocycles. The summed E-state index contributed by atoms with van der Waals surface area (Å²) in [6.45, 7) is 5.61. The van der Waals surface area contributed by atoms with Crippen molar-refractivity contribution in [3.63, 3.8) is 0 Å². The van der Waals surface area contributed by atoms with Gasteiger partial charge in [-0.15, -0.1) is 0 Å². The van der Waals surface area contributed by atoms with Gasteiger partial charge in [0.2, 0.25) is 0 Å². The number of rotatable bonds is 8. The Labute approximate surface area is 99.3 Å². The van der Waals surface area contributed by atoms with Crippen LogP contribution in [-0.4, -0.2) is 58.1 Å². The number of nitrogens with zero attached hydrogens (tertiary/aromatic N) is 1. The average molecular weight is 230 g/mol. The third kappa shape index (κ3) is 5.80. The van der Waals surface area contributed by atoms with Crippen LogP contribution in [0.2, 0.25) is 0 Å². The number of hydrogen-bond acceptors (Lipinski definition) is 4. The molecule has 0 spiro atoms. The maximum atomic E-state index is 5.10. The second-order valence-electron chi connectivity index (χ2n) is 4.36. The molecule has 1 aliphatic heterocycles. The van der Waals surface area contributed by atoms with E-state index < -0.39 is 0 Å². The molecule has 0 bridgehead atoms. The summed E-state index contributed by atoms with van der Waals surface area (Å²) in [5.74, 6) is 0. The monoisotopic (exact) mass is 230 g/mol. The average Bonchev–Trinajstić information content (AvgIpc) is 2.35. The van der Waals surface area contributed by atoms with Gasteiger partial charge in [-0.25, -0.2) is 0 Å². The molecule has 0 radical (unpaired) electrons. The summed E-state index contributed by atoms with van der Waals surface area (Å²) in [6, 6.07) is 0. The molecule has 96 valence electrons. The van der Waals surface area contributed by atoms with E-state index >= 15 is 0 Å². The number of hydrogen-bond donors (Lipinski definition) is 1. The molecule has 1 rings (SSSR count). The van der Waals surface area contributed by atoms with Crippen LogP contribution in [0.3, 0.4) is 0 Å². The molecule has 1 heterocycles. The first kappa shape index (κ1) is 13.9. The first-order valence-corrected chi connectivity index (χ1v) is 6.35. The highest BCUT2D eigenvalue weighted by Gasteiger charge is 2.09. The standard InChI is InChI=1S/C12H26N2O2/c1-15-12(16-2)11-13-7-6-10-14-8-4-3-5-9-14/h12-13H,3-11H2,1-2H3. The van der Waals surface area contributed by atoms with E-state index in [4.69, 9.17) is 9.47 Å². The second kappa shape index (κ2) is 8.93. The highest BCUT2D eigenvalue weighted by atomic mass is 16.7. The molecule has 16 heavy (non-hydrogen) atoms. The van der Waals surface area contributed by atoms with Crippen LogP contribution in [0.1, 0.15) is 25.7 Å². The Morgan fingerprint density at radius 2 is 1.81 bits per heavy atom. The third-order valence-electron chi connectivity index (χ3n) is 3.11. The summed E-state index contributed by atoms with van der Waals surface area (Å²) in [7, 11) is 3.34. The minimum Gasteiger partial charge on any atom is -0.355 e. The van der Waals surface area contributed by atoms with Gasteiger partial charge in [0.1, 0.15) is 0 Å². The van der Waals surface area contributed by atoms with Crippen LogP contribution in [0, 0.1) is 0 Å². The van der Waals surface area contributed by atoms with Crippen molar-refractivity contribution in [2.75, 3.05) is 46.9 Å². The van der Waals surface area contributed by atoms with Crippen molar-refractivity contribution in [1.29, 1.82) is 0 Å². The number of methoxy groups -OCH3 is 2. The van der Waals surface area contributed by atoms with Crippen molar-refractivity contribution < 1.29 is 9.47 Å². The number of nitrogens with one attached hydrogen (secondary N) is 1. The predicted octanol–water partition coefficient (Wildman–Crippen LogP) is 1.07. The van der Waals surface area contributed by atoms with Crippen LogP contribution < -0.4 is 5.32 Å². The normalized spacial score (nSPS) is 18.2. The van der Waals surface area contributed by atoms with Gasteiger partial charge in [-0.05, 0) is 45.4 Å². The van der Waals surface area contributed by atoms with E-state index in [2.05, 4.69) is 10.2 Å². The van der Waals surface area contributed by atoms with Gasteiger partial charge < -0.3 is 19.7 Å². The van der Waals surface area contributed by atoms with Crippen LogP contribution in [-0.2, 0) is 9.47 Å². The molecule has 0 aliphatic carbocycles. The summed E-state index contributed by atoms with van der Waals surface area (Å²) in [5.41, 5.74) is 0. The molecule has 0 aromatic rings. The maximum absolute atomic E-state index is 5.10. The minimum atomic E-state index is -0.116. The van der Waals surface area contributed by atoms with Crippen molar-refractivity contribution in [2.24, 2.45) is 0 Å². The maximum Gasteiger partial charge on any atom is 0.169 e. The molecular formula is C12H26N2O2. The molecule has 1 aliphatic rings. The Hall–Kier alpha value is -0.160. The van der Waals surface area contributed by atoms with E-state index in [0.717, 1.165) is 13.1 Å². The van der Waals surface area contributed by atoms with Gasteiger partial charge in [0.25, 0.3) is 0 Å². The van der Waals surface area contributed by atoms with Crippen molar-refractivity contribution in [1.82, 2.24) is 10.2 Å². The summed E-state index contributed by atoms with van der Waals surface area (Å²) in [5, 5.41) is 3.35. The van der Waals surface area contributed by atoms with E-state index in [1.54, 1.807) is 14.2 Å². The molecule has 1 N–H and O–H groups in total. The lowest BCUT2D eigenvalue weighted by Gasteiger charge is -2.26. The van der Waals surface area contributed by atoms with Gasteiger partial charge in [-0.1, -0.05) is 6.42 Å². The van der Waals surface area contributed by atoms with Gasteiger partial charge in [0, 0.05) is 20.8 Å². The summed E-state index contributed by atoms with van der Waals surface area (Å²) in [4.78, 5) is 2.56.